The minimum absolute atomic E-state index is 0.0893. The van der Waals surface area contributed by atoms with Gasteiger partial charge < -0.3 is 9.47 Å². The van der Waals surface area contributed by atoms with E-state index in [4.69, 9.17) is 32.7 Å². The lowest BCUT2D eigenvalue weighted by molar-refractivity contribution is -0.144. The molecule has 0 saturated heterocycles. The van der Waals surface area contributed by atoms with Crippen molar-refractivity contribution in [3.63, 3.8) is 0 Å². The predicted octanol–water partition coefficient (Wildman–Crippen LogP) is 6.75. The fourth-order valence-electron chi connectivity index (χ4n) is 2.59. The maximum Gasteiger partial charge on any atom is 0.311 e. The highest BCUT2D eigenvalue weighted by Gasteiger charge is 2.10. The third-order valence-corrected chi connectivity index (χ3v) is 4.96. The van der Waals surface area contributed by atoms with Crippen LogP contribution >= 0.6 is 23.2 Å². The maximum absolute atomic E-state index is 11.8. The summed E-state index contributed by atoms with van der Waals surface area (Å²) < 4.78 is 10.4. The van der Waals surface area contributed by atoms with Gasteiger partial charge in [0.25, 0.3) is 0 Å². The molecular weight excluding hydrogens is 387 g/mol. The standard InChI is InChI=1S/C21H30Cl2O4/c1-2-3-10-16-26-19(24)14-8-6-4-5-7-9-15-20(25)27-18-13-11-12-17(22)21(18)23/h11-13H,2-10,14-16H2,1H3. The van der Waals surface area contributed by atoms with Gasteiger partial charge in [-0.05, 0) is 31.4 Å². The molecule has 152 valence electrons. The molecule has 0 radical (unpaired) electrons. The molecule has 0 aliphatic rings. The number of hydrogen-bond donors (Lipinski definition) is 0. The first kappa shape index (κ1) is 23.8. The molecule has 0 bridgehead atoms. The predicted molar refractivity (Wildman–Crippen MR) is 110 cm³/mol. The summed E-state index contributed by atoms with van der Waals surface area (Å²) in [5.41, 5.74) is 0. The third kappa shape index (κ3) is 11.2. The minimum atomic E-state index is -0.301. The molecule has 0 heterocycles. The molecule has 1 aromatic carbocycles. The molecule has 1 aromatic rings. The largest absolute Gasteiger partial charge is 0.466 e. The molecule has 0 fully saturated rings. The van der Waals surface area contributed by atoms with E-state index < -0.39 is 0 Å². The van der Waals surface area contributed by atoms with E-state index in [-0.39, 0.29) is 17.0 Å². The molecular formula is C21H30Cl2O4. The van der Waals surface area contributed by atoms with Gasteiger partial charge in [-0.3, -0.25) is 9.59 Å². The Morgan fingerprint density at radius 1 is 0.852 bits per heavy atom. The number of esters is 2. The van der Waals surface area contributed by atoms with Crippen molar-refractivity contribution in [2.45, 2.75) is 77.6 Å². The zero-order chi connectivity index (χ0) is 19.9. The molecule has 4 nitrogen and oxygen atoms in total. The van der Waals surface area contributed by atoms with Gasteiger partial charge in [0.2, 0.25) is 0 Å². The Morgan fingerprint density at radius 2 is 1.48 bits per heavy atom. The van der Waals surface area contributed by atoms with Crippen molar-refractivity contribution in [2.24, 2.45) is 0 Å². The Kier molecular flexibility index (Phi) is 13.0. The van der Waals surface area contributed by atoms with Gasteiger partial charge >= 0.3 is 11.9 Å². The number of rotatable bonds is 14. The summed E-state index contributed by atoms with van der Waals surface area (Å²) in [5.74, 6) is -0.0887. The van der Waals surface area contributed by atoms with E-state index >= 15 is 0 Å². The third-order valence-electron chi connectivity index (χ3n) is 4.16. The van der Waals surface area contributed by atoms with Gasteiger partial charge in [0.1, 0.15) is 5.02 Å². The van der Waals surface area contributed by atoms with Crippen LogP contribution in [0.2, 0.25) is 10.0 Å². The highest BCUT2D eigenvalue weighted by Crippen LogP contribution is 2.31. The van der Waals surface area contributed by atoms with Gasteiger partial charge in [-0.15, -0.1) is 0 Å². The van der Waals surface area contributed by atoms with Crippen LogP contribution < -0.4 is 4.74 Å². The average molecular weight is 417 g/mol. The molecule has 0 saturated carbocycles. The highest BCUT2D eigenvalue weighted by atomic mass is 35.5. The monoisotopic (exact) mass is 416 g/mol. The van der Waals surface area contributed by atoms with Gasteiger partial charge in [-0.1, -0.05) is 74.7 Å². The molecule has 6 heteroatoms. The Labute approximate surface area is 172 Å². The number of benzene rings is 1. The molecule has 0 aliphatic heterocycles. The quantitative estimate of drug-likeness (QED) is 0.191. The number of carbonyl (C=O) groups excluding carboxylic acids is 2. The molecule has 1 rings (SSSR count). The van der Waals surface area contributed by atoms with E-state index in [0.29, 0.717) is 30.2 Å². The van der Waals surface area contributed by atoms with E-state index in [1.165, 1.54) is 0 Å². The zero-order valence-corrected chi connectivity index (χ0v) is 17.6. The Morgan fingerprint density at radius 3 is 2.15 bits per heavy atom. The lowest BCUT2D eigenvalue weighted by Crippen LogP contribution is -2.07. The normalized spacial score (nSPS) is 10.6. The summed E-state index contributed by atoms with van der Waals surface area (Å²) in [7, 11) is 0. The maximum atomic E-state index is 11.8. The summed E-state index contributed by atoms with van der Waals surface area (Å²) in [5, 5.41) is 0.628. The summed E-state index contributed by atoms with van der Waals surface area (Å²) in [6.45, 7) is 2.67. The lowest BCUT2D eigenvalue weighted by Gasteiger charge is -2.07. The van der Waals surface area contributed by atoms with Crippen molar-refractivity contribution >= 4 is 35.1 Å². The molecule has 0 spiro atoms. The Balaban J connectivity index is 1.98. The highest BCUT2D eigenvalue weighted by molar-refractivity contribution is 6.43. The fraction of sp³-hybridized carbons (Fsp3) is 0.619. The van der Waals surface area contributed by atoms with Crippen LogP contribution in [0.25, 0.3) is 0 Å². The summed E-state index contributed by atoms with van der Waals surface area (Å²) >= 11 is 11.9. The van der Waals surface area contributed by atoms with Crippen molar-refractivity contribution in [1.29, 1.82) is 0 Å². The van der Waals surface area contributed by atoms with E-state index in [2.05, 4.69) is 6.92 Å². The smallest absolute Gasteiger partial charge is 0.311 e. The first-order valence-corrected chi connectivity index (χ1v) is 10.6. The van der Waals surface area contributed by atoms with Crippen molar-refractivity contribution in [1.82, 2.24) is 0 Å². The molecule has 0 amide bonds. The molecule has 0 aromatic heterocycles. The van der Waals surface area contributed by atoms with Crippen LogP contribution in [0.15, 0.2) is 18.2 Å². The van der Waals surface area contributed by atoms with E-state index in [1.54, 1.807) is 18.2 Å². The van der Waals surface area contributed by atoms with Crippen molar-refractivity contribution in [3.8, 4) is 5.75 Å². The molecule has 0 aliphatic carbocycles. The minimum Gasteiger partial charge on any atom is -0.466 e. The van der Waals surface area contributed by atoms with Gasteiger partial charge in [0, 0.05) is 12.8 Å². The van der Waals surface area contributed by atoms with Crippen LogP contribution in [-0.4, -0.2) is 18.5 Å². The van der Waals surface area contributed by atoms with Crippen molar-refractivity contribution in [2.75, 3.05) is 6.61 Å². The van der Waals surface area contributed by atoms with E-state index in [1.807, 2.05) is 0 Å². The molecule has 0 atom stereocenters. The summed E-state index contributed by atoms with van der Waals surface area (Å²) in [6, 6.07) is 4.96. The summed E-state index contributed by atoms with van der Waals surface area (Å²) in [4.78, 5) is 23.4. The fourth-order valence-corrected chi connectivity index (χ4v) is 2.92. The molecule has 27 heavy (non-hydrogen) atoms. The number of hydrogen-bond acceptors (Lipinski definition) is 4. The second kappa shape index (κ2) is 14.8. The SMILES string of the molecule is CCCCCOC(=O)CCCCCCCCC(=O)Oc1cccc(Cl)c1Cl. The van der Waals surface area contributed by atoms with Gasteiger partial charge in [-0.2, -0.15) is 0 Å². The van der Waals surface area contributed by atoms with Gasteiger partial charge in [0.05, 0.1) is 11.6 Å². The van der Waals surface area contributed by atoms with Gasteiger partial charge in [-0.25, -0.2) is 0 Å². The van der Waals surface area contributed by atoms with Gasteiger partial charge in [0.15, 0.2) is 5.75 Å². The van der Waals surface area contributed by atoms with Crippen molar-refractivity contribution in [3.05, 3.63) is 28.2 Å². The zero-order valence-electron chi connectivity index (χ0n) is 16.1. The first-order chi connectivity index (χ1) is 13.0. The first-order valence-electron chi connectivity index (χ1n) is 9.85. The average Bonchev–Trinajstić information content (AvgIpc) is 2.65. The Hall–Kier alpha value is -1.26. The molecule has 0 N–H and O–H groups in total. The number of carbonyl (C=O) groups is 2. The van der Waals surface area contributed by atoms with E-state index in [9.17, 15) is 9.59 Å². The second-order valence-electron chi connectivity index (χ2n) is 6.57. The number of unbranched alkanes of at least 4 members (excludes halogenated alkanes) is 7. The van der Waals surface area contributed by atoms with Crippen LogP contribution in [0.4, 0.5) is 0 Å². The topological polar surface area (TPSA) is 52.6 Å². The van der Waals surface area contributed by atoms with Crippen LogP contribution in [0.1, 0.15) is 77.6 Å². The Bertz CT molecular complexity index is 575. The van der Waals surface area contributed by atoms with Crippen LogP contribution in [-0.2, 0) is 14.3 Å². The van der Waals surface area contributed by atoms with Crippen LogP contribution in [0, 0.1) is 0 Å². The lowest BCUT2D eigenvalue weighted by atomic mass is 10.1. The van der Waals surface area contributed by atoms with Crippen LogP contribution in [0.3, 0.4) is 0 Å². The molecule has 0 unspecified atom stereocenters. The van der Waals surface area contributed by atoms with E-state index in [0.717, 1.165) is 57.8 Å². The number of halogens is 2. The summed E-state index contributed by atoms with van der Waals surface area (Å²) in [6.07, 6.45) is 9.73. The van der Waals surface area contributed by atoms with Crippen LogP contribution in [0.5, 0.6) is 5.75 Å². The second-order valence-corrected chi connectivity index (χ2v) is 7.36. The van der Waals surface area contributed by atoms with Crippen molar-refractivity contribution < 1.29 is 19.1 Å². The number of ether oxygens (including phenoxy) is 2.